The Kier molecular flexibility index (Phi) is 2.43. The average Bonchev–Trinajstić information content (AvgIpc) is 2.36. The van der Waals surface area contributed by atoms with Crippen molar-refractivity contribution in [2.75, 3.05) is 6.61 Å². The van der Waals surface area contributed by atoms with E-state index in [2.05, 4.69) is 4.98 Å². The molecule has 0 spiro atoms. The Morgan fingerprint density at radius 3 is 3.09 bits per heavy atom. The maximum Gasteiger partial charge on any atom is 0.420 e. The van der Waals surface area contributed by atoms with E-state index in [4.69, 9.17) is 17.0 Å². The van der Waals surface area contributed by atoms with Gasteiger partial charge in [0.15, 0.2) is 4.77 Å². The van der Waals surface area contributed by atoms with E-state index < -0.39 is 6.09 Å². The second-order valence-electron chi connectivity index (χ2n) is 1.83. The summed E-state index contributed by atoms with van der Waals surface area (Å²) >= 11 is 4.78. The van der Waals surface area contributed by atoms with E-state index in [1.165, 1.54) is 10.8 Å². The molecular formula is C6H8N2O2S. The smallest absolute Gasteiger partial charge is 0.420 e. The predicted octanol–water partition coefficient (Wildman–Crippen LogP) is 1.55. The first-order valence-corrected chi connectivity index (χ1v) is 3.59. The molecule has 0 aliphatic carbocycles. The summed E-state index contributed by atoms with van der Waals surface area (Å²) < 4.78 is 6.29. The van der Waals surface area contributed by atoms with Crippen LogP contribution in [0.4, 0.5) is 4.79 Å². The molecule has 1 heterocycles. The summed E-state index contributed by atoms with van der Waals surface area (Å²) in [7, 11) is 0. The van der Waals surface area contributed by atoms with Crippen LogP contribution in [0, 0.1) is 4.77 Å². The molecule has 0 bridgehead atoms. The van der Waals surface area contributed by atoms with E-state index in [1.54, 1.807) is 13.1 Å². The summed E-state index contributed by atoms with van der Waals surface area (Å²) in [4.78, 5) is 13.7. The fourth-order valence-electron chi connectivity index (χ4n) is 0.657. The zero-order chi connectivity index (χ0) is 8.27. The van der Waals surface area contributed by atoms with E-state index in [1.807, 2.05) is 0 Å². The molecule has 1 N–H and O–H groups in total. The number of rotatable bonds is 1. The van der Waals surface area contributed by atoms with Crippen LogP contribution in [0.5, 0.6) is 0 Å². The molecule has 0 amide bonds. The minimum absolute atomic E-state index is 0.350. The summed E-state index contributed by atoms with van der Waals surface area (Å²) in [5, 5.41) is 0. The van der Waals surface area contributed by atoms with Crippen molar-refractivity contribution in [2.24, 2.45) is 0 Å². The van der Waals surface area contributed by atoms with Crippen LogP contribution in [0.2, 0.25) is 0 Å². The number of nitrogens with one attached hydrogen (secondary N) is 1. The molecule has 1 aromatic heterocycles. The Balaban J connectivity index is 2.85. The lowest BCUT2D eigenvalue weighted by Gasteiger charge is -1.99. The molecule has 0 radical (unpaired) electrons. The van der Waals surface area contributed by atoms with Crippen molar-refractivity contribution in [3.8, 4) is 0 Å². The molecule has 0 aliphatic rings. The van der Waals surface area contributed by atoms with Crippen LogP contribution < -0.4 is 0 Å². The van der Waals surface area contributed by atoms with Crippen molar-refractivity contribution < 1.29 is 9.53 Å². The van der Waals surface area contributed by atoms with E-state index in [0.717, 1.165) is 0 Å². The fourth-order valence-corrected chi connectivity index (χ4v) is 0.861. The number of hydrogen-bond acceptors (Lipinski definition) is 3. The van der Waals surface area contributed by atoms with Gasteiger partial charge in [0.2, 0.25) is 0 Å². The lowest BCUT2D eigenvalue weighted by molar-refractivity contribution is 0.153. The van der Waals surface area contributed by atoms with Gasteiger partial charge in [0.05, 0.1) is 6.61 Å². The topological polar surface area (TPSA) is 47.0 Å². The number of H-pyrrole nitrogens is 1. The fraction of sp³-hybridized carbons (Fsp3) is 0.333. The molecule has 60 valence electrons. The summed E-state index contributed by atoms with van der Waals surface area (Å²) in [6.45, 7) is 2.10. The third-order valence-electron chi connectivity index (χ3n) is 1.11. The zero-order valence-electron chi connectivity index (χ0n) is 6.03. The number of carbonyl (C=O) groups excluding carboxylic acids is 1. The quantitative estimate of drug-likeness (QED) is 0.654. The number of imidazole rings is 1. The molecule has 0 saturated carbocycles. The Labute approximate surface area is 68.8 Å². The lowest BCUT2D eigenvalue weighted by atomic mass is 10.8. The second kappa shape index (κ2) is 3.34. The summed E-state index contributed by atoms with van der Waals surface area (Å²) in [5.74, 6) is 0. The highest BCUT2D eigenvalue weighted by molar-refractivity contribution is 7.71. The van der Waals surface area contributed by atoms with Crippen molar-refractivity contribution >= 4 is 18.3 Å². The van der Waals surface area contributed by atoms with E-state index in [0.29, 0.717) is 11.4 Å². The average molecular weight is 172 g/mol. The SMILES string of the molecule is CCOC(=O)n1cc[nH]c1=S. The van der Waals surface area contributed by atoms with Gasteiger partial charge in [0.1, 0.15) is 0 Å². The number of hydrogen-bond donors (Lipinski definition) is 1. The molecule has 0 saturated heterocycles. The van der Waals surface area contributed by atoms with Gasteiger partial charge < -0.3 is 9.72 Å². The van der Waals surface area contributed by atoms with Gasteiger partial charge in [0, 0.05) is 12.4 Å². The lowest BCUT2D eigenvalue weighted by Crippen LogP contribution is -2.12. The maximum atomic E-state index is 11.0. The molecule has 0 unspecified atom stereocenters. The van der Waals surface area contributed by atoms with Crippen LogP contribution in [0.1, 0.15) is 6.92 Å². The van der Waals surface area contributed by atoms with Gasteiger partial charge in [-0.05, 0) is 19.1 Å². The van der Waals surface area contributed by atoms with Crippen LogP contribution in [0.25, 0.3) is 0 Å². The number of aromatic amines is 1. The first kappa shape index (κ1) is 8.00. The third-order valence-corrected chi connectivity index (χ3v) is 1.43. The van der Waals surface area contributed by atoms with Crippen molar-refractivity contribution in [1.82, 2.24) is 9.55 Å². The minimum Gasteiger partial charge on any atom is -0.449 e. The Hall–Kier alpha value is -1.10. The summed E-state index contributed by atoms with van der Waals surface area (Å²) in [6.07, 6.45) is 2.67. The number of carbonyl (C=O) groups is 1. The summed E-state index contributed by atoms with van der Waals surface area (Å²) in [6, 6.07) is 0. The Bertz CT molecular complexity index is 302. The highest BCUT2D eigenvalue weighted by Crippen LogP contribution is 1.92. The maximum absolute atomic E-state index is 11.0. The van der Waals surface area contributed by atoms with Crippen molar-refractivity contribution in [3.63, 3.8) is 0 Å². The van der Waals surface area contributed by atoms with Gasteiger partial charge in [-0.25, -0.2) is 9.36 Å². The molecule has 0 aliphatic heterocycles. The molecule has 5 heteroatoms. The van der Waals surface area contributed by atoms with Gasteiger partial charge in [-0.15, -0.1) is 0 Å². The van der Waals surface area contributed by atoms with E-state index >= 15 is 0 Å². The van der Waals surface area contributed by atoms with Crippen LogP contribution in [0.15, 0.2) is 12.4 Å². The van der Waals surface area contributed by atoms with Crippen LogP contribution >= 0.6 is 12.2 Å². The van der Waals surface area contributed by atoms with Gasteiger partial charge in [-0.1, -0.05) is 0 Å². The monoisotopic (exact) mass is 172 g/mol. The van der Waals surface area contributed by atoms with E-state index in [9.17, 15) is 4.79 Å². The first-order valence-electron chi connectivity index (χ1n) is 3.19. The highest BCUT2D eigenvalue weighted by Gasteiger charge is 2.03. The number of ether oxygens (including phenoxy) is 1. The van der Waals surface area contributed by atoms with Crippen molar-refractivity contribution in [3.05, 3.63) is 17.2 Å². The standard InChI is InChI=1S/C6H8N2O2S/c1-2-10-6(9)8-4-3-7-5(8)11/h3-4H,2H2,1H3,(H,7,11). The first-order chi connectivity index (χ1) is 5.25. The number of nitrogens with zero attached hydrogens (tertiary/aromatic N) is 1. The number of aromatic nitrogens is 2. The second-order valence-corrected chi connectivity index (χ2v) is 2.22. The van der Waals surface area contributed by atoms with Gasteiger partial charge in [-0.3, -0.25) is 0 Å². The predicted molar refractivity (Wildman–Crippen MR) is 42.0 cm³/mol. The third kappa shape index (κ3) is 1.68. The minimum atomic E-state index is -0.446. The van der Waals surface area contributed by atoms with Crippen LogP contribution in [-0.4, -0.2) is 22.3 Å². The van der Waals surface area contributed by atoms with Crippen molar-refractivity contribution in [1.29, 1.82) is 0 Å². The molecule has 4 nitrogen and oxygen atoms in total. The molecule has 11 heavy (non-hydrogen) atoms. The normalized spacial score (nSPS) is 9.55. The van der Waals surface area contributed by atoms with Gasteiger partial charge in [0.25, 0.3) is 0 Å². The van der Waals surface area contributed by atoms with Gasteiger partial charge >= 0.3 is 6.09 Å². The van der Waals surface area contributed by atoms with Gasteiger partial charge in [-0.2, -0.15) is 0 Å². The Morgan fingerprint density at radius 2 is 2.64 bits per heavy atom. The molecule has 0 atom stereocenters. The van der Waals surface area contributed by atoms with Crippen LogP contribution in [0.3, 0.4) is 0 Å². The molecule has 1 aromatic rings. The molecule has 0 aromatic carbocycles. The molecule has 0 fully saturated rings. The van der Waals surface area contributed by atoms with E-state index in [-0.39, 0.29) is 0 Å². The largest absolute Gasteiger partial charge is 0.449 e. The molecule has 1 rings (SSSR count). The molecular weight excluding hydrogens is 164 g/mol. The highest BCUT2D eigenvalue weighted by atomic mass is 32.1. The van der Waals surface area contributed by atoms with Crippen molar-refractivity contribution in [2.45, 2.75) is 6.92 Å². The van der Waals surface area contributed by atoms with Crippen LogP contribution in [-0.2, 0) is 4.74 Å². The Morgan fingerprint density at radius 1 is 1.91 bits per heavy atom. The zero-order valence-corrected chi connectivity index (χ0v) is 6.85. The summed E-state index contributed by atoms with van der Waals surface area (Å²) in [5.41, 5.74) is 0.